The maximum atomic E-state index is 11.7. The summed E-state index contributed by atoms with van der Waals surface area (Å²) in [6, 6.07) is -0.987. The minimum atomic E-state index is -0.924. The van der Waals surface area contributed by atoms with E-state index in [1.54, 1.807) is 14.0 Å². The zero-order valence-corrected chi connectivity index (χ0v) is 9.00. The third-order valence-corrected chi connectivity index (χ3v) is 3.27. The van der Waals surface area contributed by atoms with Gasteiger partial charge >= 0.3 is 5.97 Å². The third-order valence-electron chi connectivity index (χ3n) is 2.25. The van der Waals surface area contributed by atoms with Gasteiger partial charge in [0.2, 0.25) is 5.91 Å². The number of carbonyl (C=O) groups excluding carboxylic acids is 1. The van der Waals surface area contributed by atoms with Crippen molar-refractivity contribution < 1.29 is 14.7 Å². The van der Waals surface area contributed by atoms with Crippen LogP contribution >= 0.6 is 11.8 Å². The van der Waals surface area contributed by atoms with E-state index in [0.29, 0.717) is 11.6 Å². The molecule has 1 heterocycles. The number of carboxylic acids is 1. The first-order valence-electron chi connectivity index (χ1n) is 4.36. The van der Waals surface area contributed by atoms with E-state index in [1.165, 1.54) is 16.7 Å². The minimum absolute atomic E-state index is 0.148. The summed E-state index contributed by atoms with van der Waals surface area (Å²) in [6.45, 7) is 1.73. The highest BCUT2D eigenvalue weighted by Gasteiger charge is 2.35. The average molecular weight is 218 g/mol. The molecular formula is C8H14N2O3S. The van der Waals surface area contributed by atoms with Gasteiger partial charge < -0.3 is 15.3 Å². The molecular weight excluding hydrogens is 204 g/mol. The zero-order valence-electron chi connectivity index (χ0n) is 8.19. The van der Waals surface area contributed by atoms with Crippen molar-refractivity contribution in [3.8, 4) is 0 Å². The van der Waals surface area contributed by atoms with Crippen LogP contribution in [-0.2, 0) is 9.59 Å². The lowest BCUT2D eigenvalue weighted by molar-refractivity contribution is -0.148. The highest BCUT2D eigenvalue weighted by molar-refractivity contribution is 7.99. The predicted molar refractivity (Wildman–Crippen MR) is 54.1 cm³/mol. The van der Waals surface area contributed by atoms with Crippen molar-refractivity contribution in [2.24, 2.45) is 0 Å². The average Bonchev–Trinajstić information content (AvgIpc) is 2.63. The van der Waals surface area contributed by atoms with Gasteiger partial charge in [0.15, 0.2) is 0 Å². The molecule has 2 unspecified atom stereocenters. The monoisotopic (exact) mass is 218 g/mol. The fraction of sp³-hybridized carbons (Fsp3) is 0.750. The van der Waals surface area contributed by atoms with Gasteiger partial charge in [0.05, 0.1) is 11.9 Å². The van der Waals surface area contributed by atoms with Gasteiger partial charge in [-0.3, -0.25) is 4.79 Å². The molecule has 0 aromatic carbocycles. The van der Waals surface area contributed by atoms with Crippen molar-refractivity contribution >= 4 is 23.6 Å². The van der Waals surface area contributed by atoms with Gasteiger partial charge in [0.25, 0.3) is 0 Å². The zero-order chi connectivity index (χ0) is 10.7. The number of carbonyl (C=O) groups is 2. The second-order valence-electron chi connectivity index (χ2n) is 3.17. The van der Waals surface area contributed by atoms with E-state index in [2.05, 4.69) is 5.32 Å². The van der Waals surface area contributed by atoms with Crippen LogP contribution in [0.4, 0.5) is 0 Å². The van der Waals surface area contributed by atoms with Crippen LogP contribution in [0, 0.1) is 0 Å². The Labute approximate surface area is 86.8 Å². The van der Waals surface area contributed by atoms with E-state index in [9.17, 15) is 9.59 Å². The van der Waals surface area contributed by atoms with Crippen molar-refractivity contribution in [2.45, 2.75) is 19.0 Å². The number of thioether (sulfide) groups is 1. The van der Waals surface area contributed by atoms with Crippen molar-refractivity contribution in [2.75, 3.05) is 18.7 Å². The summed E-state index contributed by atoms with van der Waals surface area (Å²) in [7, 11) is 1.68. The summed E-state index contributed by atoms with van der Waals surface area (Å²) in [4.78, 5) is 23.9. The fourth-order valence-electron chi connectivity index (χ4n) is 1.24. The number of likely N-dealkylation sites (N-methyl/N-ethyl adjacent to an activating group) is 1. The summed E-state index contributed by atoms with van der Waals surface area (Å²) < 4.78 is 0. The Morgan fingerprint density at radius 3 is 2.79 bits per heavy atom. The normalized spacial score (nSPS) is 23.6. The van der Waals surface area contributed by atoms with Crippen LogP contribution in [-0.4, -0.2) is 52.6 Å². The highest BCUT2D eigenvalue weighted by Crippen LogP contribution is 2.21. The lowest BCUT2D eigenvalue weighted by Gasteiger charge is -2.23. The fourth-order valence-corrected chi connectivity index (χ4v) is 2.39. The van der Waals surface area contributed by atoms with E-state index in [1.807, 2.05) is 0 Å². The summed E-state index contributed by atoms with van der Waals surface area (Å²) in [5.41, 5.74) is 0. The number of carboxylic acid groups (broad SMARTS) is 1. The first-order chi connectivity index (χ1) is 6.57. The Balaban J connectivity index is 2.67. The highest BCUT2D eigenvalue weighted by atomic mass is 32.2. The maximum absolute atomic E-state index is 11.7. The number of amides is 1. The van der Waals surface area contributed by atoms with Crippen LogP contribution in [0.5, 0.6) is 0 Å². The minimum Gasteiger partial charge on any atom is -0.480 e. The first kappa shape index (κ1) is 11.3. The number of nitrogens with zero attached hydrogens (tertiary/aromatic N) is 1. The summed E-state index contributed by atoms with van der Waals surface area (Å²) >= 11 is 1.47. The molecule has 1 aliphatic rings. The van der Waals surface area contributed by atoms with E-state index < -0.39 is 12.0 Å². The van der Waals surface area contributed by atoms with E-state index in [0.717, 1.165) is 0 Å². The molecule has 0 aliphatic carbocycles. The van der Waals surface area contributed by atoms with Crippen LogP contribution < -0.4 is 5.32 Å². The van der Waals surface area contributed by atoms with Gasteiger partial charge in [-0.1, -0.05) is 0 Å². The molecule has 0 aromatic rings. The molecule has 0 spiro atoms. The molecule has 1 amide bonds. The molecule has 1 aliphatic heterocycles. The summed E-state index contributed by atoms with van der Waals surface area (Å²) in [6.07, 6.45) is 0. The Morgan fingerprint density at radius 1 is 1.64 bits per heavy atom. The summed E-state index contributed by atoms with van der Waals surface area (Å²) in [5.74, 6) is -0.115. The Hall–Kier alpha value is -0.750. The van der Waals surface area contributed by atoms with E-state index in [-0.39, 0.29) is 11.9 Å². The van der Waals surface area contributed by atoms with Gasteiger partial charge in [0, 0.05) is 5.75 Å². The van der Waals surface area contributed by atoms with Crippen molar-refractivity contribution in [3.63, 3.8) is 0 Å². The number of hydrogen-bond acceptors (Lipinski definition) is 4. The van der Waals surface area contributed by atoms with Gasteiger partial charge in [-0.2, -0.15) is 0 Å². The van der Waals surface area contributed by atoms with Crippen molar-refractivity contribution in [1.82, 2.24) is 10.2 Å². The molecule has 5 nitrogen and oxygen atoms in total. The molecule has 80 valence electrons. The SMILES string of the molecule is CNC(C)C(=O)N1CSCC1C(=O)O. The molecule has 1 saturated heterocycles. The van der Waals surface area contributed by atoms with Crippen LogP contribution in [0.2, 0.25) is 0 Å². The lowest BCUT2D eigenvalue weighted by atomic mass is 10.2. The smallest absolute Gasteiger partial charge is 0.327 e. The number of rotatable bonds is 3. The molecule has 0 bridgehead atoms. The molecule has 0 aromatic heterocycles. The van der Waals surface area contributed by atoms with Gasteiger partial charge in [-0.15, -0.1) is 11.8 Å². The molecule has 2 atom stereocenters. The van der Waals surface area contributed by atoms with Crippen molar-refractivity contribution in [1.29, 1.82) is 0 Å². The third kappa shape index (κ3) is 2.19. The number of hydrogen-bond donors (Lipinski definition) is 2. The quantitative estimate of drug-likeness (QED) is 0.673. The Bertz CT molecular complexity index is 247. The molecule has 1 fully saturated rings. The summed E-state index contributed by atoms with van der Waals surface area (Å²) in [5, 5.41) is 11.7. The number of aliphatic carboxylic acids is 1. The van der Waals surface area contributed by atoms with Gasteiger partial charge in [-0.05, 0) is 14.0 Å². The second-order valence-corrected chi connectivity index (χ2v) is 4.17. The van der Waals surface area contributed by atoms with E-state index >= 15 is 0 Å². The van der Waals surface area contributed by atoms with Crippen LogP contribution in [0.25, 0.3) is 0 Å². The lowest BCUT2D eigenvalue weighted by Crippen LogP contribution is -2.48. The Kier molecular flexibility index (Phi) is 3.77. The molecule has 14 heavy (non-hydrogen) atoms. The topological polar surface area (TPSA) is 69.6 Å². The molecule has 2 N–H and O–H groups in total. The first-order valence-corrected chi connectivity index (χ1v) is 5.51. The predicted octanol–water partition coefficient (Wildman–Crippen LogP) is -0.420. The molecule has 6 heteroatoms. The van der Waals surface area contributed by atoms with E-state index in [4.69, 9.17) is 5.11 Å². The number of nitrogens with one attached hydrogen (secondary N) is 1. The molecule has 0 radical (unpaired) electrons. The van der Waals surface area contributed by atoms with Crippen molar-refractivity contribution in [3.05, 3.63) is 0 Å². The van der Waals surface area contributed by atoms with Crippen LogP contribution in [0.1, 0.15) is 6.92 Å². The van der Waals surface area contributed by atoms with Crippen LogP contribution in [0.15, 0.2) is 0 Å². The molecule has 0 saturated carbocycles. The Morgan fingerprint density at radius 2 is 2.29 bits per heavy atom. The van der Waals surface area contributed by atoms with Gasteiger partial charge in [0.1, 0.15) is 6.04 Å². The molecule has 1 rings (SSSR count). The second kappa shape index (κ2) is 4.65. The standard InChI is InChI=1S/C8H14N2O3S/c1-5(9-2)7(11)10-4-14-3-6(10)8(12)13/h5-6,9H,3-4H2,1-2H3,(H,12,13). The maximum Gasteiger partial charge on any atom is 0.327 e. The van der Waals surface area contributed by atoms with Crippen LogP contribution in [0.3, 0.4) is 0 Å². The van der Waals surface area contributed by atoms with Gasteiger partial charge in [-0.25, -0.2) is 4.79 Å². The largest absolute Gasteiger partial charge is 0.480 e.